The molecule has 7 nitrogen and oxygen atoms in total. The summed E-state index contributed by atoms with van der Waals surface area (Å²) in [5, 5.41) is 18.9. The highest BCUT2D eigenvalue weighted by molar-refractivity contribution is 6.39. The van der Waals surface area contributed by atoms with Crippen molar-refractivity contribution in [3.05, 3.63) is 104 Å². The molecule has 39 heavy (non-hydrogen) atoms. The fourth-order valence-corrected chi connectivity index (χ4v) is 5.42. The van der Waals surface area contributed by atoms with Crippen LogP contribution in [0.15, 0.2) is 70.3 Å². The van der Waals surface area contributed by atoms with Crippen LogP contribution in [0.2, 0.25) is 10.0 Å². The molecule has 4 aromatic rings. The number of benzene rings is 3. The number of hydrogen-bond donors (Lipinski definition) is 1. The number of ether oxygens (including phenoxy) is 1. The molecule has 0 bridgehead atoms. The minimum Gasteiger partial charge on any atom is -0.489 e. The van der Waals surface area contributed by atoms with Crippen LogP contribution in [0, 0.1) is 6.92 Å². The molecule has 1 unspecified atom stereocenters. The van der Waals surface area contributed by atoms with Gasteiger partial charge in [-0.25, -0.2) is 4.79 Å². The molecular weight excluding hydrogens is 539 g/mol. The summed E-state index contributed by atoms with van der Waals surface area (Å²) in [6.07, 6.45) is 2.31. The standard InChI is InChI=1S/C30H24Cl2N2O5/c1-16-12-20(10-11-21(16)25-14-26(38-33-25)18-4-2-5-19(13-18)30(35)36)37-15-22-28(34-39-29(22)17-8-9-17)27-23(31)6-3-7-24(27)32/h2-7,10-13,17,26H,8-9,14-15H2,1H3,(H,35,36). The van der Waals surface area contributed by atoms with Gasteiger partial charge in [0, 0.05) is 23.5 Å². The number of rotatable bonds is 8. The summed E-state index contributed by atoms with van der Waals surface area (Å²) in [5.74, 6) is 0.880. The molecule has 198 valence electrons. The molecule has 2 heterocycles. The fraction of sp³-hybridized carbons (Fsp3) is 0.233. The van der Waals surface area contributed by atoms with Crippen LogP contribution in [0.5, 0.6) is 5.75 Å². The third kappa shape index (κ3) is 5.12. The minimum atomic E-state index is -0.972. The van der Waals surface area contributed by atoms with E-state index in [1.165, 1.54) is 0 Å². The molecule has 0 amide bonds. The lowest BCUT2D eigenvalue weighted by atomic mass is 9.96. The Bertz CT molecular complexity index is 1590. The van der Waals surface area contributed by atoms with Crippen LogP contribution >= 0.6 is 23.2 Å². The molecule has 1 saturated carbocycles. The Morgan fingerprint density at radius 3 is 2.56 bits per heavy atom. The summed E-state index contributed by atoms with van der Waals surface area (Å²) < 4.78 is 12.0. The molecule has 1 aliphatic carbocycles. The molecule has 0 radical (unpaired) electrons. The number of carboxylic acids is 1. The molecular formula is C30H24Cl2N2O5. The summed E-state index contributed by atoms with van der Waals surface area (Å²) in [5.41, 5.74) is 5.84. The Morgan fingerprint density at radius 1 is 1.08 bits per heavy atom. The number of aryl methyl sites for hydroxylation is 1. The highest BCUT2D eigenvalue weighted by Gasteiger charge is 2.34. The maximum Gasteiger partial charge on any atom is 0.335 e. The number of nitrogens with zero attached hydrogens (tertiary/aromatic N) is 2. The van der Waals surface area contributed by atoms with Crippen molar-refractivity contribution in [2.45, 2.75) is 44.8 Å². The molecule has 1 atom stereocenters. The molecule has 1 fully saturated rings. The second-order valence-corrected chi connectivity index (χ2v) is 10.6. The van der Waals surface area contributed by atoms with Crippen molar-refractivity contribution in [1.29, 1.82) is 0 Å². The average molecular weight is 563 g/mol. The Morgan fingerprint density at radius 2 is 1.85 bits per heavy atom. The van der Waals surface area contributed by atoms with E-state index in [4.69, 9.17) is 37.3 Å². The van der Waals surface area contributed by atoms with Crippen LogP contribution in [0.25, 0.3) is 11.3 Å². The highest BCUT2D eigenvalue weighted by atomic mass is 35.5. The van der Waals surface area contributed by atoms with Gasteiger partial charge in [0.25, 0.3) is 0 Å². The van der Waals surface area contributed by atoms with Crippen LogP contribution in [0.1, 0.15) is 69.7 Å². The van der Waals surface area contributed by atoms with Gasteiger partial charge in [-0.3, -0.25) is 0 Å². The van der Waals surface area contributed by atoms with Crippen LogP contribution in [0.3, 0.4) is 0 Å². The number of halogens is 2. The average Bonchev–Trinajstić information content (AvgIpc) is 3.50. The first-order chi connectivity index (χ1) is 18.9. The van der Waals surface area contributed by atoms with Crippen LogP contribution in [-0.2, 0) is 11.4 Å². The number of aromatic nitrogens is 1. The van der Waals surface area contributed by atoms with E-state index in [9.17, 15) is 9.90 Å². The third-order valence-corrected chi connectivity index (χ3v) is 7.66. The first kappa shape index (κ1) is 25.5. The van der Waals surface area contributed by atoms with Gasteiger partial charge >= 0.3 is 5.97 Å². The Balaban J connectivity index is 1.19. The van der Waals surface area contributed by atoms with Gasteiger partial charge in [0.2, 0.25) is 0 Å². The van der Waals surface area contributed by atoms with E-state index in [0.717, 1.165) is 46.6 Å². The smallest absolute Gasteiger partial charge is 0.335 e. The van der Waals surface area contributed by atoms with E-state index < -0.39 is 5.97 Å². The second-order valence-electron chi connectivity index (χ2n) is 9.78. The molecule has 9 heteroatoms. The zero-order chi connectivity index (χ0) is 27.1. The lowest BCUT2D eigenvalue weighted by Crippen LogP contribution is -2.05. The van der Waals surface area contributed by atoms with Crippen molar-refractivity contribution in [2.75, 3.05) is 0 Å². The van der Waals surface area contributed by atoms with E-state index in [1.54, 1.807) is 36.4 Å². The predicted octanol–water partition coefficient (Wildman–Crippen LogP) is 7.98. The topological polar surface area (TPSA) is 94.2 Å². The second kappa shape index (κ2) is 10.4. The first-order valence-electron chi connectivity index (χ1n) is 12.6. The molecule has 2 aliphatic rings. The maximum atomic E-state index is 11.3. The molecule has 6 rings (SSSR count). The van der Waals surface area contributed by atoms with E-state index in [2.05, 4.69) is 10.3 Å². The molecule has 0 saturated heterocycles. The molecule has 1 aromatic heterocycles. The van der Waals surface area contributed by atoms with Crippen LogP contribution in [-0.4, -0.2) is 21.9 Å². The van der Waals surface area contributed by atoms with Gasteiger partial charge < -0.3 is 19.2 Å². The zero-order valence-corrected chi connectivity index (χ0v) is 22.5. The Labute approximate surface area is 234 Å². The maximum absolute atomic E-state index is 11.3. The van der Waals surface area contributed by atoms with E-state index in [0.29, 0.717) is 39.4 Å². The van der Waals surface area contributed by atoms with Crippen molar-refractivity contribution >= 4 is 34.9 Å². The number of oxime groups is 1. The van der Waals surface area contributed by atoms with E-state index >= 15 is 0 Å². The zero-order valence-electron chi connectivity index (χ0n) is 21.0. The number of carbonyl (C=O) groups is 1. The summed E-state index contributed by atoms with van der Waals surface area (Å²) in [7, 11) is 0. The van der Waals surface area contributed by atoms with Gasteiger partial charge in [-0.2, -0.15) is 0 Å². The van der Waals surface area contributed by atoms with Crippen molar-refractivity contribution in [3.63, 3.8) is 0 Å². The quantitative estimate of drug-likeness (QED) is 0.234. The minimum absolute atomic E-state index is 0.222. The molecule has 3 aromatic carbocycles. The van der Waals surface area contributed by atoms with E-state index in [1.807, 2.05) is 31.2 Å². The lowest BCUT2D eigenvalue weighted by Gasteiger charge is -2.12. The van der Waals surface area contributed by atoms with E-state index in [-0.39, 0.29) is 18.3 Å². The number of carboxylic acid groups (broad SMARTS) is 1. The van der Waals surface area contributed by atoms with Crippen molar-refractivity contribution in [2.24, 2.45) is 5.16 Å². The van der Waals surface area contributed by atoms with Crippen molar-refractivity contribution < 1.29 is 24.0 Å². The summed E-state index contributed by atoms with van der Waals surface area (Å²) in [6.45, 7) is 2.25. The molecule has 0 spiro atoms. The normalized spacial score (nSPS) is 16.6. The Hall–Kier alpha value is -3.81. The Kier molecular flexibility index (Phi) is 6.79. The summed E-state index contributed by atoms with van der Waals surface area (Å²) in [6, 6.07) is 17.9. The highest BCUT2D eigenvalue weighted by Crippen LogP contribution is 2.46. The van der Waals surface area contributed by atoms with Gasteiger partial charge in [-0.1, -0.05) is 51.7 Å². The summed E-state index contributed by atoms with van der Waals surface area (Å²) >= 11 is 12.9. The fourth-order valence-electron chi connectivity index (χ4n) is 4.84. The van der Waals surface area contributed by atoms with Gasteiger partial charge in [0.1, 0.15) is 23.8 Å². The number of aromatic carboxylic acids is 1. The van der Waals surface area contributed by atoms with Crippen molar-refractivity contribution in [1.82, 2.24) is 5.16 Å². The SMILES string of the molecule is Cc1cc(OCc2c(-c3c(Cl)cccc3Cl)noc2C2CC2)ccc1C1=NOC(c2cccc(C(=O)O)c2)C1. The molecule has 1 aliphatic heterocycles. The molecule has 1 N–H and O–H groups in total. The number of hydrogen-bond acceptors (Lipinski definition) is 6. The van der Waals surface area contributed by atoms with Crippen LogP contribution in [0.4, 0.5) is 0 Å². The van der Waals surface area contributed by atoms with Gasteiger partial charge in [-0.15, -0.1) is 0 Å². The van der Waals surface area contributed by atoms with Crippen molar-refractivity contribution in [3.8, 4) is 17.0 Å². The van der Waals surface area contributed by atoms with Crippen LogP contribution < -0.4 is 4.74 Å². The lowest BCUT2D eigenvalue weighted by molar-refractivity contribution is 0.0694. The van der Waals surface area contributed by atoms with Gasteiger partial charge in [0.05, 0.1) is 26.9 Å². The predicted molar refractivity (Wildman–Crippen MR) is 148 cm³/mol. The first-order valence-corrected chi connectivity index (χ1v) is 13.4. The monoisotopic (exact) mass is 562 g/mol. The largest absolute Gasteiger partial charge is 0.489 e. The summed E-state index contributed by atoms with van der Waals surface area (Å²) in [4.78, 5) is 17.0. The van der Waals surface area contributed by atoms with Gasteiger partial charge in [0.15, 0.2) is 6.10 Å². The third-order valence-electron chi connectivity index (χ3n) is 7.03. The van der Waals surface area contributed by atoms with Gasteiger partial charge in [-0.05, 0) is 73.4 Å².